The average molecular weight is 501 g/mol. The van der Waals surface area contributed by atoms with Crippen LogP contribution in [0.25, 0.3) is 0 Å². The van der Waals surface area contributed by atoms with E-state index >= 15 is 0 Å². The number of carbonyl (C=O) groups excluding carboxylic acids is 3. The van der Waals surface area contributed by atoms with E-state index in [1.165, 1.54) is 29.9 Å². The highest BCUT2D eigenvalue weighted by Crippen LogP contribution is 2.72. The topological polar surface area (TPSA) is 121 Å². The summed E-state index contributed by atoms with van der Waals surface area (Å²) in [4.78, 5) is 37.5. The van der Waals surface area contributed by atoms with Crippen LogP contribution in [0.15, 0.2) is 47.6 Å². The summed E-state index contributed by atoms with van der Waals surface area (Å²) in [5.41, 5.74) is -0.298. The van der Waals surface area contributed by atoms with Crippen molar-refractivity contribution in [3.05, 3.63) is 47.6 Å². The van der Waals surface area contributed by atoms with Crippen LogP contribution in [0.2, 0.25) is 0 Å². The maximum Gasteiger partial charge on any atom is 0.331 e. The Morgan fingerprint density at radius 3 is 2.53 bits per heavy atom. The summed E-state index contributed by atoms with van der Waals surface area (Å²) in [7, 11) is 0. The molecule has 2 bridgehead atoms. The van der Waals surface area contributed by atoms with Gasteiger partial charge in [-0.1, -0.05) is 36.8 Å². The minimum atomic E-state index is -0.648. The summed E-state index contributed by atoms with van der Waals surface area (Å²) in [5, 5.41) is 9.58. The van der Waals surface area contributed by atoms with Crippen LogP contribution in [-0.4, -0.2) is 73.4 Å². The third-order valence-electron chi connectivity index (χ3n) is 8.70. The zero-order chi connectivity index (χ0) is 25.6. The maximum atomic E-state index is 12.8. The van der Waals surface area contributed by atoms with Crippen molar-refractivity contribution < 1.29 is 43.2 Å². The van der Waals surface area contributed by atoms with Crippen LogP contribution in [0.5, 0.6) is 0 Å². The van der Waals surface area contributed by atoms with Crippen molar-refractivity contribution in [2.45, 2.75) is 63.4 Å². The molecule has 9 heteroatoms. The Morgan fingerprint density at radius 1 is 1.06 bits per heavy atom. The predicted molar refractivity (Wildman–Crippen MR) is 125 cm³/mol. The van der Waals surface area contributed by atoms with Gasteiger partial charge in [0.25, 0.3) is 0 Å². The molecule has 36 heavy (non-hydrogen) atoms. The van der Waals surface area contributed by atoms with Gasteiger partial charge in [0.2, 0.25) is 0 Å². The number of hydrogen-bond acceptors (Lipinski definition) is 9. The lowest BCUT2D eigenvalue weighted by atomic mass is 9.51. The largest absolute Gasteiger partial charge is 0.465 e. The van der Waals surface area contributed by atoms with E-state index in [1.807, 2.05) is 0 Å². The molecule has 3 fully saturated rings. The summed E-state index contributed by atoms with van der Waals surface area (Å²) in [6.45, 7) is 4.20. The number of epoxide rings is 1. The molecule has 5 rings (SSSR count). The third-order valence-corrected chi connectivity index (χ3v) is 8.70. The smallest absolute Gasteiger partial charge is 0.331 e. The zero-order valence-corrected chi connectivity index (χ0v) is 20.6. The predicted octanol–water partition coefficient (Wildman–Crippen LogP) is 2.09. The Hall–Kier alpha value is -2.75. The van der Waals surface area contributed by atoms with Crippen molar-refractivity contribution in [3.8, 4) is 0 Å². The molecule has 0 aromatic heterocycles. The van der Waals surface area contributed by atoms with Crippen LogP contribution in [0, 0.1) is 10.8 Å². The Bertz CT molecular complexity index is 1070. The van der Waals surface area contributed by atoms with Crippen LogP contribution < -0.4 is 0 Å². The first-order valence-electron chi connectivity index (χ1n) is 12.4. The number of ether oxygens (including phenoxy) is 5. The Labute approximate surface area is 209 Å². The van der Waals surface area contributed by atoms with E-state index < -0.39 is 40.4 Å². The first-order valence-corrected chi connectivity index (χ1v) is 12.4. The fourth-order valence-electron chi connectivity index (χ4n) is 6.46. The lowest BCUT2D eigenvalue weighted by molar-refractivity contribution is -0.232. The average Bonchev–Trinajstić information content (AvgIpc) is 3.63. The van der Waals surface area contributed by atoms with E-state index in [1.54, 1.807) is 0 Å². The lowest BCUT2D eigenvalue weighted by Gasteiger charge is -2.58. The van der Waals surface area contributed by atoms with Gasteiger partial charge in [0.15, 0.2) is 0 Å². The molecule has 1 N–H and O–H groups in total. The highest BCUT2D eigenvalue weighted by Gasteiger charge is 2.83. The second kappa shape index (κ2) is 9.28. The molecule has 2 aliphatic carbocycles. The van der Waals surface area contributed by atoms with Crippen LogP contribution in [0.3, 0.4) is 0 Å². The van der Waals surface area contributed by atoms with Crippen LogP contribution in [0.4, 0.5) is 0 Å². The monoisotopic (exact) mass is 500 g/mol. The van der Waals surface area contributed by atoms with Gasteiger partial charge in [-0.15, -0.1) is 0 Å². The molecule has 9 nitrogen and oxygen atoms in total. The quantitative estimate of drug-likeness (QED) is 0.250. The molecule has 2 saturated heterocycles. The van der Waals surface area contributed by atoms with Gasteiger partial charge in [-0.05, 0) is 25.3 Å². The number of aliphatic hydroxyl groups is 1. The van der Waals surface area contributed by atoms with Gasteiger partial charge >= 0.3 is 17.9 Å². The number of allylic oxidation sites excluding steroid dienone is 3. The summed E-state index contributed by atoms with van der Waals surface area (Å²) in [6.07, 6.45) is 9.71. The first-order chi connectivity index (χ1) is 17.2. The summed E-state index contributed by atoms with van der Waals surface area (Å²) >= 11 is 0. The minimum Gasteiger partial charge on any atom is -0.465 e. The molecular formula is C27H32O9. The zero-order valence-electron chi connectivity index (χ0n) is 20.6. The Kier molecular flexibility index (Phi) is 6.43. The van der Waals surface area contributed by atoms with Gasteiger partial charge in [0.05, 0.1) is 37.3 Å². The van der Waals surface area contributed by atoms with Crippen molar-refractivity contribution in [2.24, 2.45) is 10.8 Å². The van der Waals surface area contributed by atoms with Gasteiger partial charge in [0, 0.05) is 24.0 Å². The van der Waals surface area contributed by atoms with E-state index in [0.717, 1.165) is 12.5 Å². The summed E-state index contributed by atoms with van der Waals surface area (Å²) in [5.74, 6) is -1.66. The molecule has 0 unspecified atom stereocenters. The molecule has 0 aromatic rings. The number of rotatable bonds is 1. The second-order valence-electron chi connectivity index (χ2n) is 10.5. The van der Waals surface area contributed by atoms with E-state index in [2.05, 4.69) is 19.9 Å². The van der Waals surface area contributed by atoms with E-state index in [0.29, 0.717) is 25.0 Å². The Morgan fingerprint density at radius 2 is 1.81 bits per heavy atom. The lowest BCUT2D eigenvalue weighted by Crippen LogP contribution is -2.66. The molecule has 0 amide bonds. The fourth-order valence-corrected chi connectivity index (χ4v) is 6.46. The van der Waals surface area contributed by atoms with Gasteiger partial charge in [-0.3, -0.25) is 4.79 Å². The standard InChI is InChI=1S/C27H32O9/c1-17-9-10-26-15-33-23(30)8-7-18(13-28)14-32-22(29)5-3-4-6-24(31)36-19-12-21(35-20(26)11-17)27(16-34-27)25(19,26)2/h3-7,11,19-21,28H,8-10,12-16H2,1-2H3/b5-3+,6-4-,18-7+/t19-,20-,21-,25-,26-,27+/m1/s1. The second-order valence-corrected chi connectivity index (χ2v) is 10.5. The first kappa shape index (κ1) is 24.9. The van der Waals surface area contributed by atoms with Crippen LogP contribution in [-0.2, 0) is 38.1 Å². The fraction of sp³-hybridized carbons (Fsp3) is 0.593. The van der Waals surface area contributed by atoms with Gasteiger partial charge in [-0.2, -0.15) is 0 Å². The molecular weight excluding hydrogens is 468 g/mol. The van der Waals surface area contributed by atoms with Crippen molar-refractivity contribution in [2.75, 3.05) is 26.4 Å². The Balaban J connectivity index is 1.52. The number of aliphatic hydroxyl groups excluding tert-OH is 1. The van der Waals surface area contributed by atoms with Crippen molar-refractivity contribution in [3.63, 3.8) is 0 Å². The highest BCUT2D eigenvalue weighted by atomic mass is 16.6. The van der Waals surface area contributed by atoms with Gasteiger partial charge in [0.1, 0.15) is 24.9 Å². The third kappa shape index (κ3) is 3.93. The van der Waals surface area contributed by atoms with E-state index in [9.17, 15) is 19.5 Å². The number of carbonyl (C=O) groups is 3. The van der Waals surface area contributed by atoms with Crippen molar-refractivity contribution >= 4 is 17.9 Å². The molecule has 1 saturated carbocycles. The maximum absolute atomic E-state index is 12.8. The molecule has 2 spiro atoms. The number of hydrogen-bond donors (Lipinski definition) is 1. The minimum absolute atomic E-state index is 0.0815. The highest BCUT2D eigenvalue weighted by molar-refractivity contribution is 5.84. The van der Waals surface area contributed by atoms with Gasteiger partial charge in [-0.25, -0.2) is 9.59 Å². The number of cyclic esters (lactones) is 2. The van der Waals surface area contributed by atoms with E-state index in [-0.39, 0.29) is 38.4 Å². The molecule has 5 aliphatic rings. The van der Waals surface area contributed by atoms with Crippen molar-refractivity contribution in [1.82, 2.24) is 0 Å². The van der Waals surface area contributed by atoms with E-state index in [4.69, 9.17) is 23.7 Å². The molecule has 194 valence electrons. The molecule has 0 aromatic carbocycles. The SMILES string of the molecule is CC1=C[C@H]2O[C@@H]3C[C@H]4OC(=O)/C=C\C=C\C(=O)OC/C(CO)=C/CC(=O)OC[C@@]2(CC1)[C@]4(C)[C@]31CO1. The molecule has 0 radical (unpaired) electrons. The molecule has 6 atom stereocenters. The van der Waals surface area contributed by atoms with Crippen LogP contribution >= 0.6 is 0 Å². The normalized spacial score (nSPS) is 44.0. The molecule has 3 heterocycles. The van der Waals surface area contributed by atoms with Gasteiger partial charge < -0.3 is 28.8 Å². The van der Waals surface area contributed by atoms with Crippen molar-refractivity contribution in [1.29, 1.82) is 0 Å². The summed E-state index contributed by atoms with van der Waals surface area (Å²) < 4.78 is 29.6. The number of esters is 3. The molecule has 3 aliphatic heterocycles. The van der Waals surface area contributed by atoms with Crippen LogP contribution in [0.1, 0.15) is 39.5 Å². The summed E-state index contributed by atoms with van der Waals surface area (Å²) in [6, 6.07) is 0.